The van der Waals surface area contributed by atoms with Gasteiger partial charge in [0.05, 0.1) is 12.0 Å². The van der Waals surface area contributed by atoms with Crippen LogP contribution in [-0.4, -0.2) is 32.0 Å². The average Bonchev–Trinajstić information content (AvgIpc) is 2.52. The fourth-order valence-corrected chi connectivity index (χ4v) is 3.56. The smallest absolute Gasteiger partial charge is 0.266 e. The lowest BCUT2D eigenvalue weighted by Crippen LogP contribution is -2.33. The van der Waals surface area contributed by atoms with Gasteiger partial charge >= 0.3 is 0 Å². The normalized spacial score (nSPS) is 11.3. The Hall–Kier alpha value is -2.15. The van der Waals surface area contributed by atoms with E-state index in [0.717, 1.165) is 5.56 Å². The molecular weight excluding hydrogens is 314 g/mol. The van der Waals surface area contributed by atoms with Crippen LogP contribution in [0.3, 0.4) is 0 Å². The quantitative estimate of drug-likeness (QED) is 0.811. The van der Waals surface area contributed by atoms with Crippen LogP contribution < -0.4 is 9.04 Å². The van der Waals surface area contributed by atoms with Crippen molar-refractivity contribution in [3.63, 3.8) is 0 Å². The molecule has 0 radical (unpaired) electrons. The third-order valence-electron chi connectivity index (χ3n) is 3.29. The van der Waals surface area contributed by atoms with Gasteiger partial charge in [0.25, 0.3) is 10.0 Å². The Labute approximate surface area is 137 Å². The molecule has 0 atom stereocenters. The number of hydrogen-bond donors (Lipinski definition) is 0. The van der Waals surface area contributed by atoms with Gasteiger partial charge in [0, 0.05) is 18.3 Å². The van der Waals surface area contributed by atoms with E-state index in [9.17, 15) is 8.42 Å². The number of sulfonamides is 1. The molecule has 0 saturated heterocycles. The topological polar surface area (TPSA) is 72.4 Å². The highest BCUT2D eigenvalue weighted by molar-refractivity contribution is 7.92. The molecule has 0 aliphatic rings. The average molecular weight is 335 g/mol. The van der Waals surface area contributed by atoms with E-state index < -0.39 is 10.0 Å². The Morgan fingerprint density at radius 1 is 1.13 bits per heavy atom. The summed E-state index contributed by atoms with van der Waals surface area (Å²) in [5.41, 5.74) is 1.64. The number of hydrogen-bond acceptors (Lipinski definition) is 5. The number of aromatic nitrogens is 2. The van der Waals surface area contributed by atoms with Crippen LogP contribution in [0.15, 0.2) is 35.2 Å². The first kappa shape index (κ1) is 17.2. The highest BCUT2D eigenvalue weighted by atomic mass is 32.2. The van der Waals surface area contributed by atoms with Gasteiger partial charge in [0.1, 0.15) is 0 Å². The monoisotopic (exact) mass is 335 g/mol. The maximum Gasteiger partial charge on any atom is 0.266 e. The predicted octanol–water partition coefficient (Wildman–Crippen LogP) is 2.71. The number of rotatable bonds is 6. The van der Waals surface area contributed by atoms with Gasteiger partial charge < -0.3 is 4.74 Å². The van der Waals surface area contributed by atoms with Crippen LogP contribution in [0.1, 0.15) is 24.6 Å². The van der Waals surface area contributed by atoms with E-state index in [4.69, 9.17) is 4.74 Å². The molecule has 0 aliphatic carbocycles. The van der Waals surface area contributed by atoms with E-state index in [1.54, 1.807) is 37.3 Å². The van der Waals surface area contributed by atoms with Crippen molar-refractivity contribution in [2.24, 2.45) is 0 Å². The van der Waals surface area contributed by atoms with Crippen molar-refractivity contribution in [2.75, 3.05) is 18.0 Å². The summed E-state index contributed by atoms with van der Waals surface area (Å²) in [5.74, 6) is 0.469. The molecule has 6 nitrogen and oxygen atoms in total. The predicted molar refractivity (Wildman–Crippen MR) is 89.3 cm³/mol. The SMILES string of the molecule is CCCN(c1nc(C)cc(OC)n1)S(=O)(=O)c1ccc(C)cc1. The van der Waals surface area contributed by atoms with Crippen molar-refractivity contribution in [3.05, 3.63) is 41.6 Å². The number of aryl methyl sites for hydroxylation is 2. The number of methoxy groups -OCH3 is 1. The minimum atomic E-state index is -3.72. The van der Waals surface area contributed by atoms with Gasteiger partial charge in [-0.15, -0.1) is 0 Å². The van der Waals surface area contributed by atoms with Gasteiger partial charge in [-0.05, 0) is 32.4 Å². The zero-order valence-electron chi connectivity index (χ0n) is 13.8. The first-order chi connectivity index (χ1) is 10.9. The molecule has 0 fully saturated rings. The van der Waals surface area contributed by atoms with Crippen molar-refractivity contribution >= 4 is 16.0 Å². The molecule has 0 N–H and O–H groups in total. The minimum Gasteiger partial charge on any atom is -0.481 e. The molecule has 0 amide bonds. The zero-order chi connectivity index (χ0) is 17.0. The second-order valence-electron chi connectivity index (χ2n) is 5.24. The Morgan fingerprint density at radius 3 is 2.35 bits per heavy atom. The molecule has 124 valence electrons. The van der Waals surface area contributed by atoms with Crippen LogP contribution in [0.5, 0.6) is 5.88 Å². The van der Waals surface area contributed by atoms with Gasteiger partial charge in [-0.25, -0.2) is 17.7 Å². The van der Waals surface area contributed by atoms with Crippen molar-refractivity contribution in [1.29, 1.82) is 0 Å². The molecule has 7 heteroatoms. The largest absolute Gasteiger partial charge is 0.481 e. The van der Waals surface area contributed by atoms with E-state index >= 15 is 0 Å². The van der Waals surface area contributed by atoms with Gasteiger partial charge in [-0.2, -0.15) is 4.98 Å². The lowest BCUT2D eigenvalue weighted by molar-refractivity contribution is 0.396. The minimum absolute atomic E-state index is 0.129. The van der Waals surface area contributed by atoms with Gasteiger partial charge in [-0.1, -0.05) is 24.6 Å². The first-order valence-corrected chi connectivity index (χ1v) is 8.81. The third-order valence-corrected chi connectivity index (χ3v) is 5.08. The Balaban J connectivity index is 2.53. The molecule has 1 aromatic carbocycles. The fraction of sp³-hybridized carbons (Fsp3) is 0.375. The molecule has 2 rings (SSSR count). The van der Waals surface area contributed by atoms with Crippen LogP contribution in [0.2, 0.25) is 0 Å². The summed E-state index contributed by atoms with van der Waals surface area (Å²) >= 11 is 0. The van der Waals surface area contributed by atoms with E-state index in [-0.39, 0.29) is 10.8 Å². The maximum atomic E-state index is 13.0. The van der Waals surface area contributed by atoms with Crippen LogP contribution in [0.25, 0.3) is 0 Å². The number of benzene rings is 1. The molecule has 0 unspecified atom stereocenters. The first-order valence-electron chi connectivity index (χ1n) is 7.37. The van der Waals surface area contributed by atoms with Gasteiger partial charge in [-0.3, -0.25) is 0 Å². The van der Waals surface area contributed by atoms with Crippen LogP contribution in [0, 0.1) is 13.8 Å². The standard InChI is InChI=1S/C16H21N3O3S/c1-5-10-19(16-17-13(3)11-15(18-16)22-4)23(20,21)14-8-6-12(2)7-9-14/h6-9,11H,5,10H2,1-4H3. The van der Waals surface area contributed by atoms with Crippen molar-refractivity contribution in [2.45, 2.75) is 32.1 Å². The lowest BCUT2D eigenvalue weighted by atomic mass is 10.2. The van der Waals surface area contributed by atoms with E-state index in [1.807, 2.05) is 13.8 Å². The Kier molecular flexibility index (Phi) is 5.20. The second-order valence-corrected chi connectivity index (χ2v) is 7.10. The highest BCUT2D eigenvalue weighted by Gasteiger charge is 2.27. The third kappa shape index (κ3) is 3.79. The highest BCUT2D eigenvalue weighted by Crippen LogP contribution is 2.23. The van der Waals surface area contributed by atoms with E-state index in [0.29, 0.717) is 24.5 Å². The van der Waals surface area contributed by atoms with Crippen molar-refractivity contribution < 1.29 is 13.2 Å². The van der Waals surface area contributed by atoms with E-state index in [2.05, 4.69) is 9.97 Å². The Morgan fingerprint density at radius 2 is 1.78 bits per heavy atom. The molecule has 0 spiro atoms. The summed E-state index contributed by atoms with van der Waals surface area (Å²) in [6.07, 6.45) is 0.644. The number of anilines is 1. The summed E-state index contributed by atoms with van der Waals surface area (Å²) in [6, 6.07) is 8.40. The number of ether oxygens (including phenoxy) is 1. The molecule has 0 saturated carbocycles. The zero-order valence-corrected chi connectivity index (χ0v) is 14.6. The van der Waals surface area contributed by atoms with Crippen molar-refractivity contribution in [1.82, 2.24) is 9.97 Å². The molecular formula is C16H21N3O3S. The number of nitrogens with zero attached hydrogens (tertiary/aromatic N) is 3. The molecule has 0 aliphatic heterocycles. The summed E-state index contributed by atoms with van der Waals surface area (Å²) in [7, 11) is -2.23. The van der Waals surface area contributed by atoms with Crippen molar-refractivity contribution in [3.8, 4) is 5.88 Å². The molecule has 2 aromatic rings. The van der Waals surface area contributed by atoms with Crippen LogP contribution >= 0.6 is 0 Å². The van der Waals surface area contributed by atoms with Crippen LogP contribution in [-0.2, 0) is 10.0 Å². The summed E-state index contributed by atoms with van der Waals surface area (Å²) in [5, 5.41) is 0. The summed E-state index contributed by atoms with van der Waals surface area (Å²) in [4.78, 5) is 8.68. The molecule has 1 aromatic heterocycles. The summed E-state index contributed by atoms with van der Waals surface area (Å²) < 4.78 is 32.3. The Bertz CT molecular complexity index is 774. The lowest BCUT2D eigenvalue weighted by Gasteiger charge is -2.22. The summed E-state index contributed by atoms with van der Waals surface area (Å²) in [6.45, 7) is 5.89. The second kappa shape index (κ2) is 6.95. The molecule has 23 heavy (non-hydrogen) atoms. The van der Waals surface area contributed by atoms with E-state index in [1.165, 1.54) is 11.4 Å². The molecule has 1 heterocycles. The fourth-order valence-electron chi connectivity index (χ4n) is 2.11. The van der Waals surface area contributed by atoms with Gasteiger partial charge in [0.15, 0.2) is 0 Å². The van der Waals surface area contributed by atoms with Crippen LogP contribution in [0.4, 0.5) is 5.95 Å². The van der Waals surface area contributed by atoms with Gasteiger partial charge in [0.2, 0.25) is 11.8 Å². The maximum absolute atomic E-state index is 13.0. The molecule has 0 bridgehead atoms.